The van der Waals surface area contributed by atoms with Crippen LogP contribution in [0.4, 0.5) is 16.2 Å². The SMILES string of the molecule is COC(=O)NNc1ccc([N+](=O)[O-])cc1. The number of nitro groups is 1. The van der Waals surface area contributed by atoms with Gasteiger partial charge in [-0.25, -0.2) is 10.2 Å². The van der Waals surface area contributed by atoms with Crippen molar-refractivity contribution in [3.8, 4) is 0 Å². The summed E-state index contributed by atoms with van der Waals surface area (Å²) in [5.41, 5.74) is 5.23. The van der Waals surface area contributed by atoms with Gasteiger partial charge in [-0.15, -0.1) is 0 Å². The third kappa shape index (κ3) is 3.14. The molecule has 80 valence electrons. The van der Waals surface area contributed by atoms with Gasteiger partial charge in [-0.1, -0.05) is 0 Å². The highest BCUT2D eigenvalue weighted by molar-refractivity contribution is 5.69. The van der Waals surface area contributed by atoms with E-state index in [1.807, 2.05) is 0 Å². The fourth-order valence-electron chi connectivity index (χ4n) is 0.841. The van der Waals surface area contributed by atoms with Gasteiger partial charge in [0.05, 0.1) is 17.7 Å². The summed E-state index contributed by atoms with van der Waals surface area (Å²) in [5.74, 6) is 0. The van der Waals surface area contributed by atoms with E-state index < -0.39 is 11.0 Å². The predicted octanol–water partition coefficient (Wildman–Crippen LogP) is 1.28. The average molecular weight is 211 g/mol. The number of hydrazine groups is 1. The molecule has 0 spiro atoms. The van der Waals surface area contributed by atoms with Crippen LogP contribution in [0.1, 0.15) is 0 Å². The molecule has 0 saturated heterocycles. The van der Waals surface area contributed by atoms with Gasteiger partial charge in [-0.2, -0.15) is 0 Å². The lowest BCUT2D eigenvalue weighted by molar-refractivity contribution is -0.384. The van der Waals surface area contributed by atoms with Crippen LogP contribution in [-0.2, 0) is 4.74 Å². The number of nitro benzene ring substituents is 1. The number of hydrogen-bond donors (Lipinski definition) is 2. The van der Waals surface area contributed by atoms with Gasteiger partial charge in [0.1, 0.15) is 0 Å². The first-order valence-corrected chi connectivity index (χ1v) is 3.98. The fourth-order valence-corrected chi connectivity index (χ4v) is 0.841. The number of rotatable bonds is 3. The topological polar surface area (TPSA) is 93.5 Å². The molecule has 1 rings (SSSR count). The lowest BCUT2D eigenvalue weighted by Gasteiger charge is -2.06. The Morgan fingerprint density at radius 2 is 2.00 bits per heavy atom. The minimum Gasteiger partial charge on any atom is -0.452 e. The molecule has 0 bridgehead atoms. The smallest absolute Gasteiger partial charge is 0.425 e. The molecule has 0 radical (unpaired) electrons. The molecule has 0 aromatic heterocycles. The molecule has 0 unspecified atom stereocenters. The van der Waals surface area contributed by atoms with Gasteiger partial charge in [-0.3, -0.25) is 15.5 Å². The molecule has 0 fully saturated rings. The first kappa shape index (κ1) is 10.8. The summed E-state index contributed by atoms with van der Waals surface area (Å²) >= 11 is 0. The average Bonchev–Trinajstić information content (AvgIpc) is 2.26. The van der Waals surface area contributed by atoms with Crippen molar-refractivity contribution in [2.75, 3.05) is 12.5 Å². The van der Waals surface area contributed by atoms with Crippen molar-refractivity contribution in [2.45, 2.75) is 0 Å². The Morgan fingerprint density at radius 3 is 2.47 bits per heavy atom. The maximum Gasteiger partial charge on any atom is 0.425 e. The highest BCUT2D eigenvalue weighted by Gasteiger charge is 2.03. The van der Waals surface area contributed by atoms with Crippen LogP contribution in [-0.4, -0.2) is 18.1 Å². The third-order valence-corrected chi connectivity index (χ3v) is 1.57. The van der Waals surface area contributed by atoms with Crippen LogP contribution in [0.2, 0.25) is 0 Å². The van der Waals surface area contributed by atoms with Crippen molar-refractivity contribution in [2.24, 2.45) is 0 Å². The second kappa shape index (κ2) is 4.80. The molecular formula is C8H9N3O4. The summed E-state index contributed by atoms with van der Waals surface area (Å²) in [6, 6.07) is 5.57. The summed E-state index contributed by atoms with van der Waals surface area (Å²) < 4.78 is 4.31. The Kier molecular flexibility index (Phi) is 3.44. The number of ether oxygens (including phenoxy) is 1. The second-order valence-electron chi connectivity index (χ2n) is 2.55. The highest BCUT2D eigenvalue weighted by atomic mass is 16.6. The number of carbonyl (C=O) groups excluding carboxylic acids is 1. The van der Waals surface area contributed by atoms with Crippen LogP contribution in [0, 0.1) is 10.1 Å². The summed E-state index contributed by atoms with van der Waals surface area (Å²) in [5, 5.41) is 10.3. The van der Waals surface area contributed by atoms with E-state index in [2.05, 4.69) is 15.6 Å². The van der Waals surface area contributed by atoms with Crippen molar-refractivity contribution in [1.82, 2.24) is 5.43 Å². The minimum atomic E-state index is -0.645. The van der Waals surface area contributed by atoms with Gasteiger partial charge >= 0.3 is 6.09 Å². The third-order valence-electron chi connectivity index (χ3n) is 1.57. The van der Waals surface area contributed by atoms with E-state index >= 15 is 0 Å². The molecule has 0 heterocycles. The van der Waals surface area contributed by atoms with Crippen LogP contribution in [0.5, 0.6) is 0 Å². The largest absolute Gasteiger partial charge is 0.452 e. The fraction of sp³-hybridized carbons (Fsp3) is 0.125. The number of nitrogens with one attached hydrogen (secondary N) is 2. The van der Waals surface area contributed by atoms with Crippen LogP contribution >= 0.6 is 0 Å². The Morgan fingerprint density at radius 1 is 1.40 bits per heavy atom. The Labute approximate surface area is 85.2 Å². The van der Waals surface area contributed by atoms with Crippen molar-refractivity contribution in [1.29, 1.82) is 0 Å². The number of non-ortho nitro benzene ring substituents is 1. The highest BCUT2D eigenvalue weighted by Crippen LogP contribution is 2.14. The van der Waals surface area contributed by atoms with Crippen LogP contribution in [0.25, 0.3) is 0 Å². The summed E-state index contributed by atoms with van der Waals surface area (Å²) in [4.78, 5) is 20.5. The van der Waals surface area contributed by atoms with Crippen LogP contribution in [0.3, 0.4) is 0 Å². The molecule has 2 N–H and O–H groups in total. The number of amides is 1. The van der Waals surface area contributed by atoms with Crippen molar-refractivity contribution in [3.05, 3.63) is 34.4 Å². The predicted molar refractivity (Wildman–Crippen MR) is 52.3 cm³/mol. The summed E-state index contributed by atoms with van der Waals surface area (Å²) in [6.45, 7) is 0. The molecule has 1 aromatic carbocycles. The Balaban J connectivity index is 2.57. The molecule has 0 atom stereocenters. The van der Waals surface area contributed by atoms with Crippen molar-refractivity contribution in [3.63, 3.8) is 0 Å². The first-order valence-electron chi connectivity index (χ1n) is 3.98. The van der Waals surface area contributed by atoms with Gasteiger partial charge in [0.15, 0.2) is 0 Å². The lowest BCUT2D eigenvalue weighted by atomic mass is 10.3. The number of benzene rings is 1. The molecule has 1 amide bonds. The molecule has 1 aromatic rings. The van der Waals surface area contributed by atoms with E-state index in [1.165, 1.54) is 31.4 Å². The van der Waals surface area contributed by atoms with Crippen molar-refractivity contribution >= 4 is 17.5 Å². The van der Waals surface area contributed by atoms with E-state index in [-0.39, 0.29) is 5.69 Å². The van der Waals surface area contributed by atoms with E-state index in [9.17, 15) is 14.9 Å². The molecular weight excluding hydrogens is 202 g/mol. The van der Waals surface area contributed by atoms with E-state index in [4.69, 9.17) is 0 Å². The number of hydrogen-bond acceptors (Lipinski definition) is 5. The van der Waals surface area contributed by atoms with E-state index in [0.717, 1.165) is 0 Å². The van der Waals surface area contributed by atoms with Gasteiger partial charge in [0, 0.05) is 12.1 Å². The second-order valence-corrected chi connectivity index (χ2v) is 2.55. The van der Waals surface area contributed by atoms with Gasteiger partial charge in [0.25, 0.3) is 5.69 Å². The zero-order chi connectivity index (χ0) is 11.3. The minimum absolute atomic E-state index is 0.0152. The summed E-state index contributed by atoms with van der Waals surface area (Å²) in [7, 11) is 1.23. The molecule has 7 heteroatoms. The molecule has 0 aliphatic rings. The molecule has 0 aliphatic carbocycles. The lowest BCUT2D eigenvalue weighted by Crippen LogP contribution is -2.28. The maximum atomic E-state index is 10.7. The Bertz CT molecular complexity index is 363. The standard InChI is InChI=1S/C8H9N3O4/c1-15-8(12)10-9-6-2-4-7(5-3-6)11(13)14/h2-5,9H,1H3,(H,10,12). The number of nitrogens with zero attached hydrogens (tertiary/aromatic N) is 1. The van der Waals surface area contributed by atoms with Crippen LogP contribution in [0.15, 0.2) is 24.3 Å². The van der Waals surface area contributed by atoms with Gasteiger partial charge in [0.2, 0.25) is 0 Å². The number of methoxy groups -OCH3 is 1. The zero-order valence-corrected chi connectivity index (χ0v) is 7.89. The number of carbonyl (C=O) groups is 1. The van der Waals surface area contributed by atoms with E-state index in [0.29, 0.717) is 5.69 Å². The Hall–Kier alpha value is -2.31. The van der Waals surface area contributed by atoms with Gasteiger partial charge < -0.3 is 4.74 Å². The normalized spacial score (nSPS) is 9.13. The monoisotopic (exact) mass is 211 g/mol. The zero-order valence-electron chi connectivity index (χ0n) is 7.89. The number of anilines is 1. The molecule has 15 heavy (non-hydrogen) atoms. The van der Waals surface area contributed by atoms with Crippen LogP contribution < -0.4 is 10.9 Å². The van der Waals surface area contributed by atoms with Gasteiger partial charge in [-0.05, 0) is 12.1 Å². The molecule has 0 aliphatic heterocycles. The summed E-state index contributed by atoms with van der Waals surface area (Å²) in [6.07, 6.45) is -0.645. The van der Waals surface area contributed by atoms with Crippen molar-refractivity contribution < 1.29 is 14.5 Å². The first-order chi connectivity index (χ1) is 7.13. The molecule has 0 saturated carbocycles. The quantitative estimate of drug-likeness (QED) is 0.580. The molecule has 7 nitrogen and oxygen atoms in total. The van der Waals surface area contributed by atoms with E-state index in [1.54, 1.807) is 0 Å². The maximum absolute atomic E-state index is 10.7.